The van der Waals surface area contributed by atoms with Crippen molar-refractivity contribution in [3.63, 3.8) is 0 Å². The molecule has 2 aromatic heterocycles. The van der Waals surface area contributed by atoms with E-state index in [4.69, 9.17) is 5.11 Å². The average Bonchev–Trinajstić information content (AvgIpc) is 3.15. The van der Waals surface area contributed by atoms with E-state index in [9.17, 15) is 9.59 Å². The Kier molecular flexibility index (Phi) is 4.84. The summed E-state index contributed by atoms with van der Waals surface area (Å²) < 4.78 is 2.16. The first-order valence-corrected chi connectivity index (χ1v) is 9.03. The maximum Gasteiger partial charge on any atom is 0.356 e. The van der Waals surface area contributed by atoms with Gasteiger partial charge in [0.25, 0.3) is 5.91 Å². The Morgan fingerprint density at radius 3 is 2.50 bits per heavy atom. The number of fused-ring (bicyclic) bond motifs is 1. The number of carboxylic acids is 1. The van der Waals surface area contributed by atoms with Crippen molar-refractivity contribution >= 4 is 11.9 Å². The van der Waals surface area contributed by atoms with E-state index in [0.717, 1.165) is 37.0 Å². The molecule has 3 aromatic rings. The number of aromatic nitrogens is 4. The Morgan fingerprint density at radius 2 is 1.79 bits per heavy atom. The number of hydrogen-bond donors (Lipinski definition) is 1. The Bertz CT molecular complexity index is 998. The number of aryl methyl sites for hydroxylation is 2. The number of benzene rings is 1. The van der Waals surface area contributed by atoms with Gasteiger partial charge in [0.15, 0.2) is 5.69 Å². The topological polar surface area (TPSA) is 101 Å². The van der Waals surface area contributed by atoms with Crippen molar-refractivity contribution in [2.24, 2.45) is 0 Å². The molecule has 0 saturated heterocycles. The maximum absolute atomic E-state index is 12.6. The summed E-state index contributed by atoms with van der Waals surface area (Å²) in [6, 6.07) is 10.3. The Morgan fingerprint density at radius 1 is 1.04 bits per heavy atom. The van der Waals surface area contributed by atoms with Crippen molar-refractivity contribution < 1.29 is 14.7 Å². The Balaban J connectivity index is 1.43. The van der Waals surface area contributed by atoms with Gasteiger partial charge in [-0.1, -0.05) is 30.3 Å². The van der Waals surface area contributed by atoms with Gasteiger partial charge >= 0.3 is 5.97 Å². The molecule has 8 heteroatoms. The molecule has 1 N–H and O–H groups in total. The third-order valence-corrected chi connectivity index (χ3v) is 4.85. The molecule has 1 aliphatic rings. The minimum Gasteiger partial charge on any atom is -0.476 e. The minimum atomic E-state index is -1.17. The lowest BCUT2D eigenvalue weighted by Gasteiger charge is -2.26. The van der Waals surface area contributed by atoms with Crippen LogP contribution in [0.15, 0.2) is 49.1 Å². The van der Waals surface area contributed by atoms with E-state index in [0.29, 0.717) is 13.1 Å². The summed E-state index contributed by atoms with van der Waals surface area (Å²) in [7, 11) is 0. The smallest absolute Gasteiger partial charge is 0.356 e. The molecule has 0 radical (unpaired) electrons. The predicted molar refractivity (Wildman–Crippen MR) is 99.8 cm³/mol. The van der Waals surface area contributed by atoms with Crippen molar-refractivity contribution in [1.82, 2.24) is 24.4 Å². The summed E-state index contributed by atoms with van der Waals surface area (Å²) in [6.07, 6.45) is 5.79. The molecule has 0 atom stereocenters. The predicted octanol–water partition coefficient (Wildman–Crippen LogP) is 1.81. The van der Waals surface area contributed by atoms with Crippen LogP contribution in [0.1, 0.15) is 37.9 Å². The zero-order chi connectivity index (χ0) is 19.5. The quantitative estimate of drug-likeness (QED) is 0.728. The van der Waals surface area contributed by atoms with Crippen LogP contribution in [0, 0.1) is 0 Å². The summed E-state index contributed by atoms with van der Waals surface area (Å²) in [6.45, 7) is 1.82. The Labute approximate surface area is 161 Å². The molecule has 1 aromatic carbocycles. The van der Waals surface area contributed by atoms with E-state index in [-0.39, 0.29) is 17.3 Å². The van der Waals surface area contributed by atoms with Crippen LogP contribution >= 0.6 is 0 Å². The van der Waals surface area contributed by atoms with Crippen LogP contribution in [0.3, 0.4) is 0 Å². The highest BCUT2D eigenvalue weighted by Crippen LogP contribution is 2.20. The van der Waals surface area contributed by atoms with Crippen LogP contribution < -0.4 is 0 Å². The van der Waals surface area contributed by atoms with Crippen LogP contribution in [-0.4, -0.2) is 47.9 Å². The van der Waals surface area contributed by atoms with Gasteiger partial charge in [-0.3, -0.25) is 4.79 Å². The normalized spacial score (nSPS) is 13.2. The molecule has 0 saturated carbocycles. The number of hydrogen-bond acceptors (Lipinski definition) is 5. The van der Waals surface area contributed by atoms with E-state index >= 15 is 0 Å². The third kappa shape index (κ3) is 3.62. The summed E-state index contributed by atoms with van der Waals surface area (Å²) >= 11 is 0. The molecule has 0 unspecified atom stereocenters. The molecule has 0 aliphatic carbocycles. The second-order valence-corrected chi connectivity index (χ2v) is 6.64. The van der Waals surface area contributed by atoms with Gasteiger partial charge in [-0.15, -0.1) is 0 Å². The number of rotatable bonds is 5. The van der Waals surface area contributed by atoms with E-state index in [1.54, 1.807) is 4.90 Å². The highest BCUT2D eigenvalue weighted by molar-refractivity contribution is 5.92. The average molecular weight is 377 g/mol. The van der Waals surface area contributed by atoms with Gasteiger partial charge in [0.1, 0.15) is 5.69 Å². The minimum absolute atomic E-state index is 0.136. The van der Waals surface area contributed by atoms with E-state index in [1.165, 1.54) is 11.8 Å². The SMILES string of the molecule is O=C(O)c1cnc(C(=O)N2CCc3c(ncn3CCc3ccccc3)C2)cn1. The summed E-state index contributed by atoms with van der Waals surface area (Å²) in [4.78, 5) is 37.4. The van der Waals surface area contributed by atoms with Crippen molar-refractivity contribution in [1.29, 1.82) is 0 Å². The first-order chi connectivity index (χ1) is 13.6. The molecule has 0 bridgehead atoms. The second-order valence-electron chi connectivity index (χ2n) is 6.64. The van der Waals surface area contributed by atoms with Crippen molar-refractivity contribution in [2.75, 3.05) is 6.54 Å². The molecule has 28 heavy (non-hydrogen) atoms. The highest BCUT2D eigenvalue weighted by Gasteiger charge is 2.26. The van der Waals surface area contributed by atoms with Crippen LogP contribution in [0.2, 0.25) is 0 Å². The van der Waals surface area contributed by atoms with Gasteiger partial charge < -0.3 is 14.6 Å². The molecular weight excluding hydrogens is 358 g/mol. The summed E-state index contributed by atoms with van der Waals surface area (Å²) in [5.41, 5.74) is 3.28. The first kappa shape index (κ1) is 17.8. The third-order valence-electron chi connectivity index (χ3n) is 4.85. The van der Waals surface area contributed by atoms with Crippen LogP contribution in [0.5, 0.6) is 0 Å². The number of aromatic carboxylic acids is 1. The second kappa shape index (κ2) is 7.59. The van der Waals surface area contributed by atoms with Crippen molar-refractivity contribution in [3.05, 3.63) is 77.4 Å². The zero-order valence-corrected chi connectivity index (χ0v) is 15.2. The van der Waals surface area contributed by atoms with Gasteiger partial charge in [-0.25, -0.2) is 19.7 Å². The highest BCUT2D eigenvalue weighted by atomic mass is 16.4. The van der Waals surface area contributed by atoms with Crippen molar-refractivity contribution in [3.8, 4) is 0 Å². The summed E-state index contributed by atoms with van der Waals surface area (Å²) in [5, 5.41) is 8.88. The number of amides is 1. The van der Waals surface area contributed by atoms with Gasteiger partial charge in [-0.05, 0) is 12.0 Å². The van der Waals surface area contributed by atoms with E-state index in [2.05, 4.69) is 31.7 Å². The number of carboxylic acid groups (broad SMARTS) is 1. The number of imidazole rings is 1. The molecule has 8 nitrogen and oxygen atoms in total. The van der Waals surface area contributed by atoms with Gasteiger partial charge in [-0.2, -0.15) is 0 Å². The van der Waals surface area contributed by atoms with Crippen molar-refractivity contribution in [2.45, 2.75) is 25.9 Å². The molecule has 1 aliphatic heterocycles. The summed E-state index contributed by atoms with van der Waals surface area (Å²) in [5.74, 6) is -1.44. The molecule has 142 valence electrons. The lowest BCUT2D eigenvalue weighted by molar-refractivity contribution is 0.0683. The fourth-order valence-corrected chi connectivity index (χ4v) is 3.34. The number of carbonyl (C=O) groups excluding carboxylic acids is 1. The van der Waals surface area contributed by atoms with E-state index in [1.807, 2.05) is 24.5 Å². The van der Waals surface area contributed by atoms with Crippen LogP contribution in [0.25, 0.3) is 0 Å². The molecule has 3 heterocycles. The first-order valence-electron chi connectivity index (χ1n) is 9.03. The fraction of sp³-hybridized carbons (Fsp3) is 0.250. The van der Waals surface area contributed by atoms with E-state index < -0.39 is 5.97 Å². The molecular formula is C20H19N5O3. The zero-order valence-electron chi connectivity index (χ0n) is 15.2. The molecule has 4 rings (SSSR count). The van der Waals surface area contributed by atoms with Crippen LogP contribution in [0.4, 0.5) is 0 Å². The monoisotopic (exact) mass is 377 g/mol. The largest absolute Gasteiger partial charge is 0.476 e. The van der Waals surface area contributed by atoms with Gasteiger partial charge in [0.05, 0.1) is 31.0 Å². The standard InChI is InChI=1S/C20H19N5O3/c26-19(15-10-22-16(11-21-15)20(27)28)24-9-7-18-17(12-24)23-13-25(18)8-6-14-4-2-1-3-5-14/h1-5,10-11,13H,6-9,12H2,(H,27,28). The van der Waals surface area contributed by atoms with Gasteiger partial charge in [0.2, 0.25) is 0 Å². The molecule has 0 fully saturated rings. The number of nitrogens with zero attached hydrogens (tertiary/aromatic N) is 5. The maximum atomic E-state index is 12.6. The van der Waals surface area contributed by atoms with Gasteiger partial charge in [0, 0.05) is 25.2 Å². The molecule has 0 spiro atoms. The fourth-order valence-electron chi connectivity index (χ4n) is 3.34. The lowest BCUT2D eigenvalue weighted by Crippen LogP contribution is -2.37. The molecule has 1 amide bonds. The number of carbonyl (C=O) groups is 2. The Hall–Kier alpha value is -3.55. The lowest BCUT2D eigenvalue weighted by atomic mass is 10.1. The van der Waals surface area contributed by atoms with Crippen LogP contribution in [-0.2, 0) is 25.9 Å².